The van der Waals surface area contributed by atoms with Gasteiger partial charge in [0.05, 0.1) is 0 Å². The molecule has 1 N–H and O–H groups in total. The van der Waals surface area contributed by atoms with Crippen LogP contribution < -0.4 is 14.8 Å². The number of ether oxygens (including phenoxy) is 2. The number of amides is 1. The molecule has 1 amide bonds. The van der Waals surface area contributed by atoms with E-state index in [4.69, 9.17) is 9.47 Å². The fourth-order valence-corrected chi connectivity index (χ4v) is 1.17. The average molecular weight is 191 g/mol. The van der Waals surface area contributed by atoms with Gasteiger partial charge in [0.1, 0.15) is 0 Å². The Kier molecular flexibility index (Phi) is 2.10. The highest BCUT2D eigenvalue weighted by molar-refractivity contribution is 5.99. The molecule has 4 nitrogen and oxygen atoms in total. The van der Waals surface area contributed by atoms with Gasteiger partial charge in [-0.3, -0.25) is 4.79 Å². The molecule has 1 aromatic carbocycles. The smallest absolute Gasteiger partial charge is 0.247 e. The third kappa shape index (κ3) is 1.54. The van der Waals surface area contributed by atoms with E-state index in [0.29, 0.717) is 17.2 Å². The molecule has 0 radical (unpaired) electrons. The molecule has 2 rings (SSSR count). The molecule has 0 saturated carbocycles. The highest BCUT2D eigenvalue weighted by atomic mass is 16.7. The molecule has 0 atom stereocenters. The molecular weight excluding hydrogens is 182 g/mol. The first-order valence-corrected chi connectivity index (χ1v) is 4.12. The van der Waals surface area contributed by atoms with Gasteiger partial charge in [-0.05, 0) is 18.2 Å². The Morgan fingerprint density at radius 3 is 3.00 bits per heavy atom. The van der Waals surface area contributed by atoms with E-state index in [9.17, 15) is 4.79 Å². The van der Waals surface area contributed by atoms with Gasteiger partial charge in [-0.15, -0.1) is 0 Å². The first-order chi connectivity index (χ1) is 6.79. The number of hydrogen-bond acceptors (Lipinski definition) is 3. The number of hydrogen-bond donors (Lipinski definition) is 1. The second-order valence-corrected chi connectivity index (χ2v) is 2.76. The first kappa shape index (κ1) is 8.62. The second kappa shape index (κ2) is 3.41. The molecule has 0 aromatic heterocycles. The minimum absolute atomic E-state index is 0.230. The molecule has 1 heterocycles. The van der Waals surface area contributed by atoms with Gasteiger partial charge in [-0.1, -0.05) is 6.58 Å². The van der Waals surface area contributed by atoms with Crippen LogP contribution in [0.25, 0.3) is 0 Å². The van der Waals surface area contributed by atoms with E-state index < -0.39 is 0 Å². The van der Waals surface area contributed by atoms with Crippen molar-refractivity contribution in [2.24, 2.45) is 0 Å². The maximum absolute atomic E-state index is 11.0. The molecule has 0 spiro atoms. The van der Waals surface area contributed by atoms with Crippen LogP contribution in [0, 0.1) is 0 Å². The monoisotopic (exact) mass is 191 g/mol. The van der Waals surface area contributed by atoms with Gasteiger partial charge in [0.2, 0.25) is 12.7 Å². The molecule has 1 aromatic rings. The standard InChI is InChI=1S/C10H9NO3/c1-2-10(12)11-7-3-4-8-9(5-7)14-6-13-8/h2-5H,1,6H2,(H,11,12). The van der Waals surface area contributed by atoms with Crippen molar-refractivity contribution < 1.29 is 14.3 Å². The van der Waals surface area contributed by atoms with Crippen LogP contribution in [0.1, 0.15) is 0 Å². The van der Waals surface area contributed by atoms with Crippen molar-refractivity contribution in [2.75, 3.05) is 12.1 Å². The van der Waals surface area contributed by atoms with Gasteiger partial charge >= 0.3 is 0 Å². The highest BCUT2D eigenvalue weighted by Crippen LogP contribution is 2.34. The van der Waals surface area contributed by atoms with E-state index in [-0.39, 0.29) is 12.7 Å². The third-order valence-corrected chi connectivity index (χ3v) is 1.83. The summed E-state index contributed by atoms with van der Waals surface area (Å²) >= 11 is 0. The Labute approximate surface area is 81.1 Å². The van der Waals surface area contributed by atoms with Crippen LogP contribution in [0.3, 0.4) is 0 Å². The van der Waals surface area contributed by atoms with Crippen LogP contribution in [0.4, 0.5) is 5.69 Å². The lowest BCUT2D eigenvalue weighted by molar-refractivity contribution is -0.111. The van der Waals surface area contributed by atoms with Crippen molar-refractivity contribution in [1.29, 1.82) is 0 Å². The fraction of sp³-hybridized carbons (Fsp3) is 0.100. The normalized spacial score (nSPS) is 12.3. The quantitative estimate of drug-likeness (QED) is 0.721. The number of carbonyl (C=O) groups excluding carboxylic acids is 1. The Morgan fingerprint density at radius 2 is 2.21 bits per heavy atom. The lowest BCUT2D eigenvalue weighted by atomic mass is 10.3. The molecule has 0 aliphatic carbocycles. The lowest BCUT2D eigenvalue weighted by Gasteiger charge is -2.02. The summed E-state index contributed by atoms with van der Waals surface area (Å²) in [6, 6.07) is 5.21. The van der Waals surface area contributed by atoms with Crippen LogP contribution >= 0.6 is 0 Å². The predicted octanol–water partition coefficient (Wildman–Crippen LogP) is 1.54. The van der Waals surface area contributed by atoms with E-state index in [1.165, 1.54) is 6.08 Å². The zero-order valence-corrected chi connectivity index (χ0v) is 7.45. The summed E-state index contributed by atoms with van der Waals surface area (Å²) in [5.74, 6) is 1.09. The highest BCUT2D eigenvalue weighted by Gasteiger charge is 2.13. The minimum atomic E-state index is -0.246. The van der Waals surface area contributed by atoms with Crippen molar-refractivity contribution in [3.8, 4) is 11.5 Å². The Bertz CT molecular complexity index is 387. The summed E-state index contributed by atoms with van der Waals surface area (Å²) in [7, 11) is 0. The zero-order valence-electron chi connectivity index (χ0n) is 7.45. The van der Waals surface area contributed by atoms with Gasteiger partial charge in [0.25, 0.3) is 0 Å². The van der Waals surface area contributed by atoms with Crippen LogP contribution in [0.15, 0.2) is 30.9 Å². The van der Waals surface area contributed by atoms with Crippen molar-refractivity contribution in [2.45, 2.75) is 0 Å². The maximum atomic E-state index is 11.0. The largest absolute Gasteiger partial charge is 0.454 e. The van der Waals surface area contributed by atoms with Gasteiger partial charge in [-0.25, -0.2) is 0 Å². The van der Waals surface area contributed by atoms with Gasteiger partial charge in [0.15, 0.2) is 11.5 Å². The van der Waals surface area contributed by atoms with Gasteiger partial charge in [-0.2, -0.15) is 0 Å². The average Bonchev–Trinajstić information content (AvgIpc) is 2.64. The predicted molar refractivity (Wildman–Crippen MR) is 51.4 cm³/mol. The van der Waals surface area contributed by atoms with Gasteiger partial charge in [0, 0.05) is 11.8 Å². The first-order valence-electron chi connectivity index (χ1n) is 4.12. The summed E-state index contributed by atoms with van der Waals surface area (Å²) in [5, 5.41) is 2.63. The second-order valence-electron chi connectivity index (χ2n) is 2.76. The van der Waals surface area contributed by atoms with E-state index >= 15 is 0 Å². The summed E-state index contributed by atoms with van der Waals surface area (Å²) in [6.07, 6.45) is 1.21. The molecule has 14 heavy (non-hydrogen) atoms. The van der Waals surface area contributed by atoms with Crippen molar-refractivity contribution >= 4 is 11.6 Å². The molecule has 1 aliphatic rings. The van der Waals surface area contributed by atoms with E-state index in [2.05, 4.69) is 11.9 Å². The Morgan fingerprint density at radius 1 is 1.43 bits per heavy atom. The number of nitrogens with one attached hydrogen (secondary N) is 1. The third-order valence-electron chi connectivity index (χ3n) is 1.83. The summed E-state index contributed by atoms with van der Waals surface area (Å²) in [5.41, 5.74) is 0.666. The molecule has 72 valence electrons. The number of rotatable bonds is 2. The zero-order chi connectivity index (χ0) is 9.97. The van der Waals surface area contributed by atoms with Crippen molar-refractivity contribution in [1.82, 2.24) is 0 Å². The molecule has 0 bridgehead atoms. The fourth-order valence-electron chi connectivity index (χ4n) is 1.17. The number of carbonyl (C=O) groups is 1. The Hall–Kier alpha value is -1.97. The van der Waals surface area contributed by atoms with Crippen LogP contribution in [-0.4, -0.2) is 12.7 Å². The van der Waals surface area contributed by atoms with E-state index in [1.807, 2.05) is 0 Å². The minimum Gasteiger partial charge on any atom is -0.454 e. The van der Waals surface area contributed by atoms with Crippen LogP contribution in [0.2, 0.25) is 0 Å². The van der Waals surface area contributed by atoms with Gasteiger partial charge < -0.3 is 14.8 Å². The molecule has 1 aliphatic heterocycles. The van der Waals surface area contributed by atoms with Crippen molar-refractivity contribution in [3.63, 3.8) is 0 Å². The SMILES string of the molecule is C=CC(=O)Nc1ccc2c(c1)OCO2. The van der Waals surface area contributed by atoms with Crippen molar-refractivity contribution in [3.05, 3.63) is 30.9 Å². The van der Waals surface area contributed by atoms with E-state index in [1.54, 1.807) is 18.2 Å². The van der Waals surface area contributed by atoms with Crippen LogP contribution in [-0.2, 0) is 4.79 Å². The molecule has 4 heteroatoms. The molecule has 0 saturated heterocycles. The molecule has 0 unspecified atom stereocenters. The molecule has 0 fully saturated rings. The number of fused-ring (bicyclic) bond motifs is 1. The summed E-state index contributed by atoms with van der Waals surface area (Å²) < 4.78 is 10.3. The Balaban J connectivity index is 2.20. The number of anilines is 1. The lowest BCUT2D eigenvalue weighted by Crippen LogP contribution is -2.06. The topological polar surface area (TPSA) is 47.6 Å². The summed E-state index contributed by atoms with van der Waals surface area (Å²) in [4.78, 5) is 11.0. The van der Waals surface area contributed by atoms with E-state index in [0.717, 1.165) is 0 Å². The van der Waals surface area contributed by atoms with Crippen LogP contribution in [0.5, 0.6) is 11.5 Å². The molecular formula is C10H9NO3. The number of benzene rings is 1. The maximum Gasteiger partial charge on any atom is 0.247 e. The summed E-state index contributed by atoms with van der Waals surface area (Å²) in [6.45, 7) is 3.59.